The van der Waals surface area contributed by atoms with Crippen molar-refractivity contribution in [1.82, 2.24) is 9.55 Å². The number of nitrogen functional groups attached to an aromatic ring is 1. The van der Waals surface area contributed by atoms with Gasteiger partial charge in [-0.05, 0) is 31.9 Å². The van der Waals surface area contributed by atoms with E-state index in [9.17, 15) is 0 Å². The molecule has 0 amide bonds. The lowest BCUT2D eigenvalue weighted by Gasteiger charge is -2.27. The Morgan fingerprint density at radius 3 is 2.78 bits per heavy atom. The van der Waals surface area contributed by atoms with Crippen LogP contribution < -0.4 is 5.73 Å². The topological polar surface area (TPSA) is 67.6 Å². The summed E-state index contributed by atoms with van der Waals surface area (Å²) in [7, 11) is 0. The van der Waals surface area contributed by atoms with Crippen molar-refractivity contribution in [2.24, 2.45) is 0 Å². The summed E-state index contributed by atoms with van der Waals surface area (Å²) in [6, 6.07) is 7.87. The Hall–Kier alpha value is -2.02. The molecule has 92 valence electrons. The quantitative estimate of drug-likeness (QED) is 0.833. The second-order valence-electron chi connectivity index (χ2n) is 5.29. The number of hydrogen-bond acceptors (Lipinski definition) is 3. The van der Waals surface area contributed by atoms with Crippen molar-refractivity contribution in [3.8, 4) is 6.07 Å². The monoisotopic (exact) mass is 240 g/mol. The number of anilines is 1. The molecule has 0 aliphatic heterocycles. The molecule has 2 aromatic rings. The SMILES string of the molecule is CC1(n2c(N)nc3c(C#N)cccc32)CCCC1. The summed E-state index contributed by atoms with van der Waals surface area (Å²) in [6.07, 6.45) is 4.71. The highest BCUT2D eigenvalue weighted by molar-refractivity contribution is 5.84. The number of nitriles is 1. The minimum absolute atomic E-state index is 0.0485. The number of nitrogens with zero attached hydrogens (tertiary/aromatic N) is 3. The van der Waals surface area contributed by atoms with Crippen molar-refractivity contribution in [3.05, 3.63) is 23.8 Å². The Bertz CT molecular complexity index is 642. The van der Waals surface area contributed by atoms with E-state index in [0.29, 0.717) is 11.5 Å². The third-order valence-electron chi connectivity index (χ3n) is 4.05. The zero-order valence-corrected chi connectivity index (χ0v) is 10.5. The van der Waals surface area contributed by atoms with E-state index in [4.69, 9.17) is 11.0 Å². The van der Waals surface area contributed by atoms with E-state index in [1.54, 1.807) is 6.07 Å². The van der Waals surface area contributed by atoms with Gasteiger partial charge in [0.2, 0.25) is 5.95 Å². The van der Waals surface area contributed by atoms with Gasteiger partial charge in [0.15, 0.2) is 0 Å². The van der Waals surface area contributed by atoms with Crippen molar-refractivity contribution >= 4 is 17.0 Å². The smallest absolute Gasteiger partial charge is 0.201 e. The van der Waals surface area contributed by atoms with Gasteiger partial charge in [-0.2, -0.15) is 5.26 Å². The van der Waals surface area contributed by atoms with Gasteiger partial charge in [-0.15, -0.1) is 0 Å². The number of para-hydroxylation sites is 1. The first-order chi connectivity index (χ1) is 8.65. The molecule has 1 heterocycles. The van der Waals surface area contributed by atoms with E-state index >= 15 is 0 Å². The predicted octanol–water partition coefficient (Wildman–Crippen LogP) is 2.78. The molecule has 1 aliphatic carbocycles. The van der Waals surface area contributed by atoms with Crippen LogP contribution in [-0.2, 0) is 5.54 Å². The number of rotatable bonds is 1. The molecule has 4 heteroatoms. The van der Waals surface area contributed by atoms with E-state index in [-0.39, 0.29) is 5.54 Å². The van der Waals surface area contributed by atoms with E-state index in [2.05, 4.69) is 22.5 Å². The van der Waals surface area contributed by atoms with Gasteiger partial charge in [0.1, 0.15) is 11.6 Å². The van der Waals surface area contributed by atoms with E-state index < -0.39 is 0 Å². The molecule has 0 bridgehead atoms. The van der Waals surface area contributed by atoms with Gasteiger partial charge >= 0.3 is 0 Å². The van der Waals surface area contributed by atoms with Crippen molar-refractivity contribution in [1.29, 1.82) is 5.26 Å². The average molecular weight is 240 g/mol. The maximum Gasteiger partial charge on any atom is 0.201 e. The van der Waals surface area contributed by atoms with Crippen molar-refractivity contribution < 1.29 is 0 Å². The van der Waals surface area contributed by atoms with Crippen LogP contribution in [0.15, 0.2) is 18.2 Å². The summed E-state index contributed by atoms with van der Waals surface area (Å²) in [6.45, 7) is 2.23. The first-order valence-corrected chi connectivity index (χ1v) is 6.33. The molecule has 0 spiro atoms. The number of imidazole rings is 1. The summed E-state index contributed by atoms with van der Waals surface area (Å²) in [5, 5.41) is 9.13. The fourth-order valence-electron chi connectivity index (χ4n) is 3.14. The number of benzene rings is 1. The molecule has 0 unspecified atom stereocenters. The maximum absolute atomic E-state index is 9.13. The zero-order chi connectivity index (χ0) is 12.8. The Labute approximate surface area is 106 Å². The lowest BCUT2D eigenvalue weighted by Crippen LogP contribution is -2.27. The lowest BCUT2D eigenvalue weighted by atomic mass is 10.00. The second kappa shape index (κ2) is 3.74. The van der Waals surface area contributed by atoms with Gasteiger partial charge in [-0.3, -0.25) is 0 Å². The average Bonchev–Trinajstić information content (AvgIpc) is 2.92. The Morgan fingerprint density at radius 1 is 1.39 bits per heavy atom. The minimum atomic E-state index is 0.0485. The summed E-state index contributed by atoms with van der Waals surface area (Å²) in [4.78, 5) is 4.39. The van der Waals surface area contributed by atoms with Crippen LogP contribution in [0.4, 0.5) is 5.95 Å². The summed E-state index contributed by atoms with van der Waals surface area (Å²) < 4.78 is 2.12. The van der Waals surface area contributed by atoms with Crippen LogP contribution in [0, 0.1) is 11.3 Å². The van der Waals surface area contributed by atoms with Gasteiger partial charge in [-0.1, -0.05) is 18.9 Å². The van der Waals surface area contributed by atoms with Crippen LogP contribution in [0.2, 0.25) is 0 Å². The van der Waals surface area contributed by atoms with Crippen molar-refractivity contribution in [2.75, 3.05) is 5.73 Å². The fraction of sp³-hybridized carbons (Fsp3) is 0.429. The third kappa shape index (κ3) is 1.40. The molecule has 1 saturated carbocycles. The van der Waals surface area contributed by atoms with Gasteiger partial charge in [0.05, 0.1) is 11.1 Å². The number of nitrogens with two attached hydrogens (primary N) is 1. The molecule has 2 N–H and O–H groups in total. The molecule has 0 saturated heterocycles. The van der Waals surface area contributed by atoms with Crippen LogP contribution in [0.3, 0.4) is 0 Å². The summed E-state index contributed by atoms with van der Waals surface area (Å²) in [5.41, 5.74) is 8.44. The normalized spacial score (nSPS) is 18.0. The minimum Gasteiger partial charge on any atom is -0.369 e. The third-order valence-corrected chi connectivity index (χ3v) is 4.05. The van der Waals surface area contributed by atoms with Crippen molar-refractivity contribution in [3.63, 3.8) is 0 Å². The molecular weight excluding hydrogens is 224 g/mol. The van der Waals surface area contributed by atoms with Crippen LogP contribution >= 0.6 is 0 Å². The van der Waals surface area contributed by atoms with E-state index in [1.807, 2.05) is 12.1 Å². The molecule has 1 aliphatic rings. The molecule has 18 heavy (non-hydrogen) atoms. The van der Waals surface area contributed by atoms with E-state index in [0.717, 1.165) is 23.9 Å². The fourth-order valence-corrected chi connectivity index (χ4v) is 3.14. The molecule has 4 nitrogen and oxygen atoms in total. The number of aromatic nitrogens is 2. The molecule has 0 radical (unpaired) electrons. The van der Waals surface area contributed by atoms with Gasteiger partial charge in [0.25, 0.3) is 0 Å². The van der Waals surface area contributed by atoms with Crippen LogP contribution in [0.1, 0.15) is 38.2 Å². The van der Waals surface area contributed by atoms with Gasteiger partial charge in [0, 0.05) is 5.54 Å². The molecule has 1 aromatic carbocycles. The van der Waals surface area contributed by atoms with Crippen LogP contribution in [0.25, 0.3) is 11.0 Å². The standard InChI is InChI=1S/C14H16N4/c1-14(7-2-3-8-14)18-11-6-4-5-10(9-15)12(11)17-13(18)16/h4-6H,2-3,7-8H2,1H3,(H2,16,17). The first-order valence-electron chi connectivity index (χ1n) is 6.33. The second-order valence-corrected chi connectivity index (χ2v) is 5.29. The lowest BCUT2D eigenvalue weighted by molar-refractivity contribution is 0.344. The molecule has 1 fully saturated rings. The van der Waals surface area contributed by atoms with Crippen LogP contribution in [0.5, 0.6) is 0 Å². The highest BCUT2D eigenvalue weighted by Crippen LogP contribution is 2.40. The van der Waals surface area contributed by atoms with E-state index in [1.165, 1.54) is 12.8 Å². The highest BCUT2D eigenvalue weighted by atomic mass is 15.2. The summed E-state index contributed by atoms with van der Waals surface area (Å²) in [5.74, 6) is 0.525. The van der Waals surface area contributed by atoms with Gasteiger partial charge in [-0.25, -0.2) is 4.98 Å². The molecular formula is C14H16N4. The first kappa shape index (κ1) is 11.1. The van der Waals surface area contributed by atoms with Gasteiger partial charge < -0.3 is 10.3 Å². The Morgan fingerprint density at radius 2 is 2.11 bits per heavy atom. The predicted molar refractivity (Wildman–Crippen MR) is 71.0 cm³/mol. The number of fused-ring (bicyclic) bond motifs is 1. The highest BCUT2D eigenvalue weighted by Gasteiger charge is 2.33. The zero-order valence-electron chi connectivity index (χ0n) is 10.5. The number of hydrogen-bond donors (Lipinski definition) is 1. The maximum atomic E-state index is 9.13. The Kier molecular flexibility index (Phi) is 2.30. The molecule has 0 atom stereocenters. The molecule has 3 rings (SSSR count). The molecule has 1 aromatic heterocycles. The summed E-state index contributed by atoms with van der Waals surface area (Å²) >= 11 is 0. The van der Waals surface area contributed by atoms with Crippen molar-refractivity contribution in [2.45, 2.75) is 38.1 Å². The largest absolute Gasteiger partial charge is 0.369 e. The van der Waals surface area contributed by atoms with Crippen LogP contribution in [-0.4, -0.2) is 9.55 Å². The Balaban J connectivity index is 2.30.